The summed E-state index contributed by atoms with van der Waals surface area (Å²) in [6.45, 7) is 0. The summed E-state index contributed by atoms with van der Waals surface area (Å²) < 4.78 is 0. The second-order valence-corrected chi connectivity index (χ2v) is 8.14. The highest BCUT2D eigenvalue weighted by molar-refractivity contribution is 5.59. The van der Waals surface area contributed by atoms with Crippen LogP contribution in [0.3, 0.4) is 0 Å². The molecule has 10 aliphatic rings. The molecule has 14 heavy (non-hydrogen) atoms. The minimum atomic E-state index is 1.09. The molecule has 0 heteroatoms. The summed E-state index contributed by atoms with van der Waals surface area (Å²) in [4.78, 5) is 0. The van der Waals surface area contributed by atoms with E-state index in [4.69, 9.17) is 0 Å². The van der Waals surface area contributed by atoms with Gasteiger partial charge >= 0.3 is 0 Å². The van der Waals surface area contributed by atoms with Crippen LogP contribution in [0.2, 0.25) is 0 Å². The van der Waals surface area contributed by atoms with E-state index in [9.17, 15) is 0 Å². The lowest BCUT2D eigenvalue weighted by Crippen LogP contribution is -2.41. The Kier molecular flexibility index (Phi) is 0.371. The third-order valence-corrected chi connectivity index (χ3v) is 9.57. The van der Waals surface area contributed by atoms with Gasteiger partial charge in [-0.15, -0.1) is 0 Å². The zero-order chi connectivity index (χ0) is 8.19. The second-order valence-electron chi connectivity index (χ2n) is 8.14. The first-order valence-corrected chi connectivity index (χ1v) is 6.95. The Labute approximate surface area is 83.4 Å². The SMILES string of the molecule is C1C2C3C4C1C1C2C25C3C3CC2C15C34. The summed E-state index contributed by atoms with van der Waals surface area (Å²) in [6, 6.07) is 0. The van der Waals surface area contributed by atoms with Gasteiger partial charge in [-0.05, 0) is 82.9 Å². The van der Waals surface area contributed by atoms with Gasteiger partial charge in [-0.2, -0.15) is 0 Å². The van der Waals surface area contributed by atoms with Crippen LogP contribution in [0.15, 0.2) is 0 Å². The van der Waals surface area contributed by atoms with Crippen molar-refractivity contribution in [3.8, 4) is 0 Å². The Balaban J connectivity index is 1.77. The van der Waals surface area contributed by atoms with Crippen LogP contribution in [0.5, 0.6) is 0 Å². The van der Waals surface area contributed by atoms with Crippen molar-refractivity contribution in [1.29, 1.82) is 0 Å². The largest absolute Gasteiger partial charge is 0.0464 e. The summed E-state index contributed by atoms with van der Waals surface area (Å²) in [5.41, 5.74) is 2.17. The molecule has 0 aliphatic heterocycles. The monoisotopic (exact) mass is 182 g/mol. The predicted octanol–water partition coefficient (Wildman–Crippen LogP) is 2.01. The van der Waals surface area contributed by atoms with E-state index in [0.717, 1.165) is 10.8 Å². The molecular weight excluding hydrogens is 168 g/mol. The second kappa shape index (κ2) is 0.967. The highest BCUT2D eigenvalue weighted by Gasteiger charge is 3.13. The number of rotatable bonds is 0. The highest BCUT2D eigenvalue weighted by atomic mass is 15.2. The topological polar surface area (TPSA) is 0 Å². The van der Waals surface area contributed by atoms with Gasteiger partial charge in [0.2, 0.25) is 0 Å². The minimum absolute atomic E-state index is 1.09. The first kappa shape index (κ1) is 5.37. The normalized spacial score (nSPS) is 108. The third kappa shape index (κ3) is 0.175. The highest BCUT2D eigenvalue weighted by Crippen LogP contribution is 3.16. The molecule has 70 valence electrons. The quantitative estimate of drug-likeness (QED) is 0.537. The molecule has 10 fully saturated rings. The molecule has 10 rings (SSSR count). The van der Waals surface area contributed by atoms with Crippen LogP contribution < -0.4 is 0 Å². The third-order valence-electron chi connectivity index (χ3n) is 9.57. The van der Waals surface area contributed by atoms with Gasteiger partial charge in [0.15, 0.2) is 0 Å². The fourth-order valence-corrected chi connectivity index (χ4v) is 11.0. The molecule has 0 heterocycles. The van der Waals surface area contributed by atoms with Gasteiger partial charge in [-0.3, -0.25) is 0 Å². The Morgan fingerprint density at radius 2 is 1.29 bits per heavy atom. The molecule has 0 aromatic carbocycles. The van der Waals surface area contributed by atoms with Crippen LogP contribution in [-0.2, 0) is 0 Å². The molecule has 8 bridgehead atoms. The van der Waals surface area contributed by atoms with E-state index in [2.05, 4.69) is 0 Å². The molecule has 0 saturated heterocycles. The molecule has 0 nitrogen and oxygen atoms in total. The van der Waals surface area contributed by atoms with Crippen molar-refractivity contribution in [1.82, 2.24) is 0 Å². The van der Waals surface area contributed by atoms with Gasteiger partial charge in [0.25, 0.3) is 0 Å². The molecule has 0 aromatic heterocycles. The van der Waals surface area contributed by atoms with Crippen molar-refractivity contribution >= 4 is 0 Å². The zero-order valence-corrected chi connectivity index (χ0v) is 8.19. The Morgan fingerprint density at radius 1 is 0.643 bits per heavy atom. The van der Waals surface area contributed by atoms with E-state index >= 15 is 0 Å². The van der Waals surface area contributed by atoms with Gasteiger partial charge in [0.05, 0.1) is 0 Å². The maximum Gasteiger partial charge on any atom is -0.0130 e. The van der Waals surface area contributed by atoms with Crippen molar-refractivity contribution in [3.05, 3.63) is 0 Å². The molecule has 0 amide bonds. The predicted molar refractivity (Wildman–Crippen MR) is 49.0 cm³/mol. The van der Waals surface area contributed by atoms with Gasteiger partial charge < -0.3 is 0 Å². The standard InChI is InChI=1S/C14H14/c1-3-7-8-4(1)12-11(3)13-6-2-5(9(7)13)10(8)14(6,12)13/h3-12H,1-2H2. The van der Waals surface area contributed by atoms with Gasteiger partial charge in [0.1, 0.15) is 0 Å². The van der Waals surface area contributed by atoms with E-state index < -0.39 is 0 Å². The van der Waals surface area contributed by atoms with Crippen LogP contribution in [0.1, 0.15) is 12.8 Å². The van der Waals surface area contributed by atoms with E-state index in [1.807, 2.05) is 0 Å². The molecule has 2 spiro atoms. The summed E-state index contributed by atoms with van der Waals surface area (Å²) in [5, 5.41) is 0. The van der Waals surface area contributed by atoms with Crippen LogP contribution in [0, 0.1) is 70.0 Å². The molecule has 10 saturated carbocycles. The smallest absolute Gasteiger partial charge is 0.0130 e. The molecule has 10 atom stereocenters. The molecule has 0 aromatic rings. The zero-order valence-electron chi connectivity index (χ0n) is 8.19. The lowest BCUT2D eigenvalue weighted by atomic mass is 9.60. The van der Waals surface area contributed by atoms with Crippen molar-refractivity contribution in [2.75, 3.05) is 0 Å². The Bertz CT molecular complexity index is 430. The van der Waals surface area contributed by atoms with Gasteiger partial charge in [-0.25, -0.2) is 0 Å². The minimum Gasteiger partial charge on any atom is -0.0464 e. The maximum absolute atomic E-state index is 1.73. The van der Waals surface area contributed by atoms with Crippen LogP contribution >= 0.6 is 0 Å². The molecular formula is C14H14. The molecule has 10 aliphatic carbocycles. The fourth-order valence-electron chi connectivity index (χ4n) is 11.0. The summed E-state index contributed by atoms with van der Waals surface area (Å²) in [5.74, 6) is 13.2. The van der Waals surface area contributed by atoms with E-state index in [1.165, 1.54) is 59.2 Å². The average Bonchev–Trinajstić information content (AvgIpc) is 2.63. The van der Waals surface area contributed by atoms with Crippen LogP contribution in [-0.4, -0.2) is 0 Å². The maximum atomic E-state index is 1.73. The molecule has 0 radical (unpaired) electrons. The van der Waals surface area contributed by atoms with Gasteiger partial charge in [-0.1, -0.05) is 0 Å². The summed E-state index contributed by atoms with van der Waals surface area (Å²) in [7, 11) is 0. The van der Waals surface area contributed by atoms with Crippen molar-refractivity contribution in [2.24, 2.45) is 70.0 Å². The summed E-state index contributed by atoms with van der Waals surface area (Å²) in [6.07, 6.45) is 3.45. The fraction of sp³-hybridized carbons (Fsp3) is 1.00. The summed E-state index contributed by atoms with van der Waals surface area (Å²) >= 11 is 0. The van der Waals surface area contributed by atoms with Crippen LogP contribution in [0.25, 0.3) is 0 Å². The van der Waals surface area contributed by atoms with Crippen molar-refractivity contribution < 1.29 is 0 Å². The van der Waals surface area contributed by atoms with Gasteiger partial charge in [0, 0.05) is 0 Å². The lowest BCUT2D eigenvalue weighted by molar-refractivity contribution is 0.0202. The molecule has 10 unspecified atom stereocenters. The van der Waals surface area contributed by atoms with Crippen molar-refractivity contribution in [2.45, 2.75) is 12.8 Å². The molecule has 0 N–H and O–H groups in total. The van der Waals surface area contributed by atoms with E-state index in [-0.39, 0.29) is 0 Å². The van der Waals surface area contributed by atoms with E-state index in [1.54, 1.807) is 12.8 Å². The first-order valence-electron chi connectivity index (χ1n) is 6.95. The average molecular weight is 182 g/mol. The lowest BCUT2D eigenvalue weighted by Gasteiger charge is -2.43. The first-order chi connectivity index (χ1) is 6.95. The van der Waals surface area contributed by atoms with E-state index in [0.29, 0.717) is 0 Å². The van der Waals surface area contributed by atoms with Crippen LogP contribution in [0.4, 0.5) is 0 Å². The number of hydrogen-bond donors (Lipinski definition) is 0. The Morgan fingerprint density at radius 3 is 1.93 bits per heavy atom. The van der Waals surface area contributed by atoms with Crippen molar-refractivity contribution in [3.63, 3.8) is 0 Å². The number of hydrogen-bond acceptors (Lipinski definition) is 0. The Hall–Kier alpha value is 0.